The van der Waals surface area contributed by atoms with E-state index in [-0.39, 0.29) is 5.91 Å². The number of rotatable bonds is 7. The number of amides is 1. The summed E-state index contributed by atoms with van der Waals surface area (Å²) in [6.45, 7) is 3.01. The third-order valence-electron chi connectivity index (χ3n) is 4.59. The molecule has 0 bridgehead atoms. The van der Waals surface area contributed by atoms with Crippen LogP contribution < -0.4 is 10.1 Å². The summed E-state index contributed by atoms with van der Waals surface area (Å²) in [5.74, 6) is 1.43. The van der Waals surface area contributed by atoms with Gasteiger partial charge in [-0.1, -0.05) is 0 Å². The fourth-order valence-corrected chi connectivity index (χ4v) is 4.54. The molecule has 0 atom stereocenters. The number of ether oxygens (including phenoxy) is 1. The van der Waals surface area contributed by atoms with Crippen molar-refractivity contribution in [2.45, 2.75) is 39.2 Å². The van der Waals surface area contributed by atoms with Gasteiger partial charge in [0.2, 0.25) is 5.91 Å². The minimum absolute atomic E-state index is 0.0758. The summed E-state index contributed by atoms with van der Waals surface area (Å²) in [5, 5.41) is 10.7. The maximum Gasteiger partial charge on any atom is 0.227 e. The van der Waals surface area contributed by atoms with Gasteiger partial charge in [-0.3, -0.25) is 14.5 Å². The number of thiazole rings is 1. The van der Waals surface area contributed by atoms with E-state index in [2.05, 4.69) is 20.5 Å². The molecule has 0 fully saturated rings. The van der Waals surface area contributed by atoms with Crippen molar-refractivity contribution in [1.82, 2.24) is 19.7 Å². The monoisotopic (exact) mass is 415 g/mol. The number of fused-ring (bicyclic) bond motifs is 1. The summed E-state index contributed by atoms with van der Waals surface area (Å²) in [6, 6.07) is 7.66. The molecule has 2 aromatic heterocycles. The minimum Gasteiger partial charge on any atom is -0.494 e. The Balaban J connectivity index is 1.42. The van der Waals surface area contributed by atoms with Crippen molar-refractivity contribution in [2.75, 3.05) is 11.9 Å². The van der Waals surface area contributed by atoms with E-state index in [0.29, 0.717) is 35.3 Å². The number of aromatic nitrogens is 4. The highest BCUT2D eigenvalue weighted by Crippen LogP contribution is 2.30. The van der Waals surface area contributed by atoms with Gasteiger partial charge in [0.25, 0.3) is 0 Å². The molecule has 0 saturated carbocycles. The number of anilines is 1. The molecule has 0 aliphatic heterocycles. The van der Waals surface area contributed by atoms with Gasteiger partial charge in [-0.25, -0.2) is 4.98 Å². The smallest absolute Gasteiger partial charge is 0.227 e. The first-order valence-corrected chi connectivity index (χ1v) is 10.5. The molecule has 1 aliphatic rings. The normalized spacial score (nSPS) is 12.8. The van der Waals surface area contributed by atoms with Gasteiger partial charge in [0.1, 0.15) is 5.75 Å². The summed E-state index contributed by atoms with van der Waals surface area (Å²) in [6.07, 6.45) is 3.54. The molecule has 28 heavy (non-hydrogen) atoms. The standard InChI is InChI=1S/C19H21N5O2S2/c1-2-26-13-8-6-12(7-9-13)17-22-23-19(27)24(17)11-10-16(25)21-18-20-14-4-3-5-15(14)28-18/h6-9H,2-5,10-11H2,1H3,(H,23,27)(H,20,21,25). The van der Waals surface area contributed by atoms with Crippen LogP contribution in [0, 0.1) is 4.77 Å². The number of aryl methyl sites for hydroxylation is 2. The summed E-state index contributed by atoms with van der Waals surface area (Å²) < 4.78 is 7.81. The topological polar surface area (TPSA) is 84.8 Å². The zero-order chi connectivity index (χ0) is 19.5. The van der Waals surface area contributed by atoms with E-state index in [1.54, 1.807) is 11.3 Å². The Morgan fingerprint density at radius 1 is 1.36 bits per heavy atom. The molecule has 0 spiro atoms. The molecule has 1 aromatic carbocycles. The van der Waals surface area contributed by atoms with Crippen molar-refractivity contribution in [3.05, 3.63) is 39.6 Å². The molecular formula is C19H21N5O2S2. The highest BCUT2D eigenvalue weighted by Gasteiger charge is 2.18. The second kappa shape index (κ2) is 8.24. The third kappa shape index (κ3) is 4.00. The molecule has 0 saturated heterocycles. The summed E-state index contributed by atoms with van der Waals surface area (Å²) in [5.41, 5.74) is 2.04. The number of nitrogens with zero attached hydrogens (tertiary/aromatic N) is 3. The Morgan fingerprint density at radius 3 is 2.93 bits per heavy atom. The number of nitrogens with one attached hydrogen (secondary N) is 2. The van der Waals surface area contributed by atoms with E-state index in [0.717, 1.165) is 36.3 Å². The number of aromatic amines is 1. The molecule has 0 unspecified atom stereocenters. The Hall–Kier alpha value is -2.52. The number of hydrogen-bond acceptors (Lipinski definition) is 6. The molecule has 2 heterocycles. The highest BCUT2D eigenvalue weighted by atomic mass is 32.1. The lowest BCUT2D eigenvalue weighted by Crippen LogP contribution is -2.15. The summed E-state index contributed by atoms with van der Waals surface area (Å²) in [4.78, 5) is 18.2. The van der Waals surface area contributed by atoms with Crippen LogP contribution in [0.25, 0.3) is 11.4 Å². The lowest BCUT2D eigenvalue weighted by Gasteiger charge is -2.08. The van der Waals surface area contributed by atoms with Crippen molar-refractivity contribution >= 4 is 34.6 Å². The van der Waals surface area contributed by atoms with E-state index in [9.17, 15) is 4.79 Å². The van der Waals surface area contributed by atoms with Crippen LogP contribution >= 0.6 is 23.6 Å². The Kier molecular flexibility index (Phi) is 5.54. The van der Waals surface area contributed by atoms with Crippen molar-refractivity contribution in [1.29, 1.82) is 0 Å². The minimum atomic E-state index is -0.0758. The van der Waals surface area contributed by atoms with Crippen molar-refractivity contribution in [3.63, 3.8) is 0 Å². The number of benzene rings is 1. The maximum atomic E-state index is 12.4. The van der Waals surface area contributed by atoms with Gasteiger partial charge < -0.3 is 10.1 Å². The van der Waals surface area contributed by atoms with Crippen molar-refractivity contribution < 1.29 is 9.53 Å². The van der Waals surface area contributed by atoms with Crippen LogP contribution in [0.15, 0.2) is 24.3 Å². The SMILES string of the molecule is CCOc1ccc(-c2n[nH]c(=S)n2CCC(=O)Nc2nc3c(s2)CCC3)cc1. The van der Waals surface area contributed by atoms with Gasteiger partial charge in [0.15, 0.2) is 15.7 Å². The summed E-state index contributed by atoms with van der Waals surface area (Å²) >= 11 is 6.93. The van der Waals surface area contributed by atoms with Gasteiger partial charge in [-0.2, -0.15) is 5.10 Å². The van der Waals surface area contributed by atoms with Gasteiger partial charge in [0.05, 0.1) is 12.3 Å². The second-order valence-corrected chi connectivity index (χ2v) is 7.97. The van der Waals surface area contributed by atoms with Gasteiger partial charge in [-0.15, -0.1) is 11.3 Å². The number of carbonyl (C=O) groups excluding carboxylic acids is 1. The first-order valence-electron chi connectivity index (χ1n) is 9.31. The first-order chi connectivity index (χ1) is 13.6. The predicted molar refractivity (Wildman–Crippen MR) is 111 cm³/mol. The average molecular weight is 416 g/mol. The van der Waals surface area contributed by atoms with E-state index >= 15 is 0 Å². The number of hydrogen-bond donors (Lipinski definition) is 2. The van der Waals surface area contributed by atoms with E-state index in [1.807, 2.05) is 35.8 Å². The Morgan fingerprint density at radius 2 is 2.18 bits per heavy atom. The van der Waals surface area contributed by atoms with E-state index < -0.39 is 0 Å². The van der Waals surface area contributed by atoms with Crippen molar-refractivity contribution in [2.24, 2.45) is 0 Å². The molecular weight excluding hydrogens is 394 g/mol. The molecule has 1 amide bonds. The lowest BCUT2D eigenvalue weighted by molar-refractivity contribution is -0.116. The second-order valence-electron chi connectivity index (χ2n) is 6.50. The Labute approximate surface area is 171 Å². The molecule has 9 heteroatoms. The molecule has 4 rings (SSSR count). The molecule has 2 N–H and O–H groups in total. The van der Waals surface area contributed by atoms with Crippen LogP contribution in [0.2, 0.25) is 0 Å². The third-order valence-corrected chi connectivity index (χ3v) is 5.97. The molecule has 1 aliphatic carbocycles. The average Bonchev–Trinajstić information content (AvgIpc) is 3.36. The van der Waals surface area contributed by atoms with E-state index in [1.165, 1.54) is 4.88 Å². The highest BCUT2D eigenvalue weighted by molar-refractivity contribution is 7.71. The summed E-state index contributed by atoms with van der Waals surface area (Å²) in [7, 11) is 0. The maximum absolute atomic E-state index is 12.4. The van der Waals surface area contributed by atoms with Crippen LogP contribution in [-0.2, 0) is 24.2 Å². The molecule has 3 aromatic rings. The fraction of sp³-hybridized carbons (Fsp3) is 0.368. The molecule has 0 radical (unpaired) electrons. The van der Waals surface area contributed by atoms with Crippen LogP contribution in [0.5, 0.6) is 5.75 Å². The van der Waals surface area contributed by atoms with Gasteiger partial charge in [-0.05, 0) is 62.7 Å². The zero-order valence-corrected chi connectivity index (χ0v) is 17.2. The van der Waals surface area contributed by atoms with Crippen LogP contribution in [-0.4, -0.2) is 32.3 Å². The molecule has 7 nitrogen and oxygen atoms in total. The Bertz CT molecular complexity index is 1010. The largest absolute Gasteiger partial charge is 0.494 e. The lowest BCUT2D eigenvalue weighted by atomic mass is 10.2. The van der Waals surface area contributed by atoms with Crippen LogP contribution in [0.4, 0.5) is 5.13 Å². The zero-order valence-electron chi connectivity index (χ0n) is 15.5. The number of H-pyrrole nitrogens is 1. The predicted octanol–water partition coefficient (Wildman–Crippen LogP) is 3.98. The van der Waals surface area contributed by atoms with Crippen LogP contribution in [0.1, 0.15) is 30.3 Å². The fourth-order valence-electron chi connectivity index (χ4n) is 3.25. The van der Waals surface area contributed by atoms with Gasteiger partial charge >= 0.3 is 0 Å². The quantitative estimate of drug-likeness (QED) is 0.570. The molecule has 146 valence electrons. The van der Waals surface area contributed by atoms with E-state index in [4.69, 9.17) is 17.0 Å². The van der Waals surface area contributed by atoms with Crippen molar-refractivity contribution in [3.8, 4) is 17.1 Å². The van der Waals surface area contributed by atoms with Gasteiger partial charge in [0, 0.05) is 23.4 Å². The first kappa shape index (κ1) is 18.8. The number of carbonyl (C=O) groups is 1. The van der Waals surface area contributed by atoms with Crippen LogP contribution in [0.3, 0.4) is 0 Å².